The summed E-state index contributed by atoms with van der Waals surface area (Å²) in [5.41, 5.74) is 0.594. The predicted octanol–water partition coefficient (Wildman–Crippen LogP) is 2.42. The van der Waals surface area contributed by atoms with Gasteiger partial charge in [-0.3, -0.25) is 9.69 Å². The van der Waals surface area contributed by atoms with E-state index < -0.39 is 11.6 Å². The summed E-state index contributed by atoms with van der Waals surface area (Å²) in [5, 5.41) is 0. The van der Waals surface area contributed by atoms with E-state index in [2.05, 4.69) is 4.90 Å². The molecule has 136 valence electrons. The van der Waals surface area contributed by atoms with Crippen LogP contribution in [0.25, 0.3) is 0 Å². The zero-order valence-electron chi connectivity index (χ0n) is 15.3. The molecule has 2 saturated heterocycles. The molecule has 2 aliphatic heterocycles. The number of fused-ring (bicyclic) bond motifs is 2. The molecule has 2 aliphatic rings. The normalized spacial score (nSPS) is 25.9. The molecular formula is C19H26N2O4. The molecule has 0 radical (unpaired) electrons. The number of rotatable bonds is 3. The number of carbonyl (C=O) groups excluding carboxylic acids is 2. The van der Waals surface area contributed by atoms with Gasteiger partial charge < -0.3 is 14.4 Å². The Balaban J connectivity index is 1.78. The second-order valence-corrected chi connectivity index (χ2v) is 7.72. The summed E-state index contributed by atoms with van der Waals surface area (Å²) in [6, 6.07) is 9.54. The summed E-state index contributed by atoms with van der Waals surface area (Å²) in [6.07, 6.45) is 0.416. The first-order chi connectivity index (χ1) is 11.8. The molecular weight excluding hydrogens is 320 g/mol. The number of ether oxygens (including phenoxy) is 2. The summed E-state index contributed by atoms with van der Waals surface area (Å²) >= 11 is 0. The summed E-state index contributed by atoms with van der Waals surface area (Å²) in [7, 11) is 1.40. The largest absolute Gasteiger partial charge is 0.468 e. The first kappa shape index (κ1) is 17.7. The highest BCUT2D eigenvalue weighted by Gasteiger charge is 2.55. The Hall–Kier alpha value is -2.08. The lowest BCUT2D eigenvalue weighted by atomic mass is 10.1. The van der Waals surface area contributed by atoms with Crippen molar-refractivity contribution in [2.24, 2.45) is 0 Å². The van der Waals surface area contributed by atoms with Gasteiger partial charge in [0.15, 0.2) is 0 Å². The molecule has 0 unspecified atom stereocenters. The standard InChI is InChI=1S/C19H26N2O4/c1-19(2,3)25-18(23)21-12-14-10-15(21)16(17(22)24-4)20(14)11-13-8-6-5-7-9-13/h5-9,14-16H,10-12H2,1-4H3/t14-,15-,16+/m0/s1. The summed E-state index contributed by atoms with van der Waals surface area (Å²) in [6.45, 7) is 6.79. The van der Waals surface area contributed by atoms with Gasteiger partial charge in [-0.2, -0.15) is 0 Å². The van der Waals surface area contributed by atoms with E-state index >= 15 is 0 Å². The van der Waals surface area contributed by atoms with Crippen molar-refractivity contribution in [2.45, 2.75) is 57.5 Å². The molecule has 1 amide bonds. The maximum atomic E-state index is 12.5. The van der Waals surface area contributed by atoms with Crippen LogP contribution < -0.4 is 0 Å². The van der Waals surface area contributed by atoms with Crippen LogP contribution in [0.1, 0.15) is 32.8 Å². The lowest BCUT2D eigenvalue weighted by Crippen LogP contribution is -2.58. The Kier molecular flexibility index (Phi) is 4.73. The van der Waals surface area contributed by atoms with Crippen molar-refractivity contribution in [3.05, 3.63) is 35.9 Å². The summed E-state index contributed by atoms with van der Waals surface area (Å²) in [5.74, 6) is -0.295. The predicted molar refractivity (Wildman–Crippen MR) is 92.9 cm³/mol. The molecule has 0 saturated carbocycles. The van der Waals surface area contributed by atoms with Gasteiger partial charge in [0.25, 0.3) is 0 Å². The van der Waals surface area contributed by atoms with Crippen molar-refractivity contribution < 1.29 is 19.1 Å². The fourth-order valence-electron chi connectivity index (χ4n) is 3.80. The van der Waals surface area contributed by atoms with Crippen LogP contribution in [0.3, 0.4) is 0 Å². The Morgan fingerprint density at radius 1 is 1.20 bits per heavy atom. The van der Waals surface area contributed by atoms with Crippen LogP contribution in [-0.2, 0) is 20.8 Å². The molecule has 0 spiro atoms. The molecule has 25 heavy (non-hydrogen) atoms. The maximum absolute atomic E-state index is 12.5. The molecule has 1 aromatic rings. The van der Waals surface area contributed by atoms with Crippen LogP contribution in [0.15, 0.2) is 30.3 Å². The molecule has 3 rings (SSSR count). The number of methoxy groups -OCH3 is 1. The number of esters is 1. The van der Waals surface area contributed by atoms with Gasteiger partial charge in [0, 0.05) is 19.1 Å². The highest BCUT2D eigenvalue weighted by atomic mass is 16.6. The van der Waals surface area contributed by atoms with Gasteiger partial charge in [-0.15, -0.1) is 0 Å². The van der Waals surface area contributed by atoms with Crippen LogP contribution >= 0.6 is 0 Å². The molecule has 2 fully saturated rings. The average molecular weight is 346 g/mol. The molecule has 0 aromatic heterocycles. The minimum atomic E-state index is -0.552. The molecule has 2 heterocycles. The highest BCUT2D eigenvalue weighted by molar-refractivity contribution is 5.80. The quantitative estimate of drug-likeness (QED) is 0.787. The summed E-state index contributed by atoms with van der Waals surface area (Å²) in [4.78, 5) is 28.8. The molecule has 3 atom stereocenters. The van der Waals surface area contributed by atoms with Gasteiger partial charge in [0.1, 0.15) is 11.6 Å². The zero-order valence-corrected chi connectivity index (χ0v) is 15.3. The first-order valence-electron chi connectivity index (χ1n) is 8.67. The number of carbonyl (C=O) groups is 2. The second-order valence-electron chi connectivity index (χ2n) is 7.72. The van der Waals surface area contributed by atoms with Crippen molar-refractivity contribution in [1.82, 2.24) is 9.80 Å². The van der Waals surface area contributed by atoms with Crippen LogP contribution in [0.5, 0.6) is 0 Å². The number of likely N-dealkylation sites (tertiary alicyclic amines) is 2. The minimum absolute atomic E-state index is 0.141. The number of hydrogen-bond donors (Lipinski definition) is 0. The second kappa shape index (κ2) is 6.67. The molecule has 1 aromatic carbocycles. The van der Waals surface area contributed by atoms with Gasteiger partial charge in [-0.25, -0.2) is 4.79 Å². The van der Waals surface area contributed by atoms with E-state index in [1.807, 2.05) is 51.1 Å². The monoisotopic (exact) mass is 346 g/mol. The SMILES string of the molecule is COC(=O)[C@H]1[C@@H]2C[C@@H](CN2C(=O)OC(C)(C)C)N1Cc1ccccc1. The average Bonchev–Trinajstić information content (AvgIpc) is 3.12. The van der Waals surface area contributed by atoms with E-state index in [-0.39, 0.29) is 24.1 Å². The van der Waals surface area contributed by atoms with Crippen molar-refractivity contribution >= 4 is 12.1 Å². The summed E-state index contributed by atoms with van der Waals surface area (Å²) < 4.78 is 10.5. The number of hydrogen-bond acceptors (Lipinski definition) is 5. The van der Waals surface area contributed by atoms with Crippen LogP contribution in [0.4, 0.5) is 4.79 Å². The third-order valence-corrected chi connectivity index (χ3v) is 4.79. The first-order valence-corrected chi connectivity index (χ1v) is 8.67. The number of piperazine rings is 1. The van der Waals surface area contributed by atoms with Gasteiger partial charge in [0.2, 0.25) is 0 Å². The molecule has 6 heteroatoms. The van der Waals surface area contributed by atoms with Crippen molar-refractivity contribution in [3.63, 3.8) is 0 Å². The third-order valence-electron chi connectivity index (χ3n) is 4.79. The lowest BCUT2D eigenvalue weighted by molar-refractivity contribution is -0.149. The van der Waals surface area contributed by atoms with E-state index in [9.17, 15) is 9.59 Å². The maximum Gasteiger partial charge on any atom is 0.410 e. The van der Waals surface area contributed by atoms with Crippen molar-refractivity contribution in [1.29, 1.82) is 0 Å². The number of nitrogens with zero attached hydrogens (tertiary/aromatic N) is 2. The zero-order chi connectivity index (χ0) is 18.2. The lowest BCUT2D eigenvalue weighted by Gasteiger charge is -2.39. The number of amides is 1. The smallest absolute Gasteiger partial charge is 0.410 e. The fraction of sp³-hybridized carbons (Fsp3) is 0.579. The molecule has 0 N–H and O–H groups in total. The Morgan fingerprint density at radius 2 is 1.88 bits per heavy atom. The Bertz CT molecular complexity index is 641. The number of benzene rings is 1. The van der Waals surface area contributed by atoms with Gasteiger partial charge in [-0.1, -0.05) is 30.3 Å². The molecule has 2 bridgehead atoms. The highest BCUT2D eigenvalue weighted by Crippen LogP contribution is 2.38. The van der Waals surface area contributed by atoms with Gasteiger partial charge >= 0.3 is 12.1 Å². The van der Waals surface area contributed by atoms with Crippen molar-refractivity contribution in [2.75, 3.05) is 13.7 Å². The minimum Gasteiger partial charge on any atom is -0.468 e. The Morgan fingerprint density at radius 3 is 2.48 bits per heavy atom. The van der Waals surface area contributed by atoms with E-state index in [4.69, 9.17) is 9.47 Å². The fourth-order valence-corrected chi connectivity index (χ4v) is 3.80. The topological polar surface area (TPSA) is 59.1 Å². The molecule has 6 nitrogen and oxygen atoms in total. The van der Waals surface area contributed by atoms with E-state index in [0.29, 0.717) is 13.1 Å². The van der Waals surface area contributed by atoms with E-state index in [1.165, 1.54) is 7.11 Å². The van der Waals surface area contributed by atoms with Crippen LogP contribution in [-0.4, -0.2) is 59.2 Å². The van der Waals surface area contributed by atoms with Gasteiger partial charge in [0.05, 0.1) is 13.2 Å². The van der Waals surface area contributed by atoms with Crippen LogP contribution in [0, 0.1) is 0 Å². The third kappa shape index (κ3) is 3.63. The molecule has 0 aliphatic carbocycles. The van der Waals surface area contributed by atoms with Crippen molar-refractivity contribution in [3.8, 4) is 0 Å². The van der Waals surface area contributed by atoms with Gasteiger partial charge in [-0.05, 0) is 32.8 Å². The Labute approximate surface area is 148 Å². The van der Waals surface area contributed by atoms with E-state index in [0.717, 1.165) is 12.0 Å². The van der Waals surface area contributed by atoms with E-state index in [1.54, 1.807) is 4.90 Å². The van der Waals surface area contributed by atoms with Crippen LogP contribution in [0.2, 0.25) is 0 Å².